The molecule has 6 nitrogen and oxygen atoms in total. The van der Waals surface area contributed by atoms with Crippen molar-refractivity contribution in [3.05, 3.63) is 41.0 Å². The normalized spacial score (nSPS) is 18.0. The van der Waals surface area contributed by atoms with Crippen molar-refractivity contribution in [1.82, 2.24) is 20.0 Å². The van der Waals surface area contributed by atoms with E-state index in [0.29, 0.717) is 23.8 Å². The number of likely N-dealkylation sites (tertiary alicyclic amines) is 1. The molecule has 3 heterocycles. The fourth-order valence-electron chi connectivity index (χ4n) is 3.04. The lowest BCUT2D eigenvalue weighted by molar-refractivity contribution is 0.0710. The van der Waals surface area contributed by atoms with Crippen molar-refractivity contribution in [2.75, 3.05) is 6.54 Å². The second-order valence-electron chi connectivity index (χ2n) is 6.34. The van der Waals surface area contributed by atoms with Gasteiger partial charge < -0.3 is 9.42 Å². The Morgan fingerprint density at radius 2 is 2.29 bits per heavy atom. The van der Waals surface area contributed by atoms with Gasteiger partial charge >= 0.3 is 0 Å². The van der Waals surface area contributed by atoms with Crippen LogP contribution in [0.5, 0.6) is 0 Å². The summed E-state index contributed by atoms with van der Waals surface area (Å²) in [5, 5.41) is 4.03. The van der Waals surface area contributed by atoms with Crippen LogP contribution in [0.1, 0.15) is 60.7 Å². The van der Waals surface area contributed by atoms with Gasteiger partial charge in [-0.3, -0.25) is 4.79 Å². The number of nitrogens with zero attached hydrogens (tertiary/aromatic N) is 4. The molecule has 4 rings (SSSR count). The molecule has 24 heavy (non-hydrogen) atoms. The van der Waals surface area contributed by atoms with Crippen LogP contribution in [0.3, 0.4) is 0 Å². The van der Waals surface area contributed by atoms with Crippen LogP contribution in [0.4, 0.5) is 0 Å². The first kappa shape index (κ1) is 15.3. The van der Waals surface area contributed by atoms with E-state index in [1.807, 2.05) is 36.9 Å². The van der Waals surface area contributed by atoms with Gasteiger partial charge in [-0.1, -0.05) is 19.0 Å². The Labute approximate surface area is 143 Å². The topological polar surface area (TPSA) is 72.1 Å². The lowest BCUT2D eigenvalue weighted by atomic mass is 10.1. The first-order chi connectivity index (χ1) is 11.6. The molecule has 0 spiro atoms. The first-order valence-corrected chi connectivity index (χ1v) is 8.99. The molecule has 124 valence electrons. The Hall–Kier alpha value is -2.28. The van der Waals surface area contributed by atoms with E-state index in [1.165, 1.54) is 0 Å². The van der Waals surface area contributed by atoms with Crippen LogP contribution in [0.2, 0.25) is 0 Å². The summed E-state index contributed by atoms with van der Waals surface area (Å²) in [5.41, 5.74) is 3.40. The molecule has 3 aromatic rings. The minimum atomic E-state index is -0.130. The van der Waals surface area contributed by atoms with E-state index in [1.54, 1.807) is 16.8 Å². The highest BCUT2D eigenvalue weighted by Crippen LogP contribution is 2.33. The van der Waals surface area contributed by atoms with E-state index in [2.05, 4.69) is 15.1 Å². The molecule has 2 aromatic heterocycles. The summed E-state index contributed by atoms with van der Waals surface area (Å²) in [5.74, 6) is 1.46. The average molecular weight is 342 g/mol. The third kappa shape index (κ3) is 2.58. The summed E-state index contributed by atoms with van der Waals surface area (Å²) in [6, 6.07) is 5.52. The van der Waals surface area contributed by atoms with Crippen LogP contribution < -0.4 is 0 Å². The van der Waals surface area contributed by atoms with Gasteiger partial charge in [-0.15, -0.1) is 11.3 Å². The van der Waals surface area contributed by atoms with Crippen LogP contribution in [0, 0.1) is 0 Å². The number of carbonyl (C=O) groups excluding carboxylic acids is 1. The quantitative estimate of drug-likeness (QED) is 0.724. The third-order valence-corrected chi connectivity index (χ3v) is 5.14. The summed E-state index contributed by atoms with van der Waals surface area (Å²) < 4.78 is 6.45. The van der Waals surface area contributed by atoms with Gasteiger partial charge in [0.1, 0.15) is 6.04 Å². The van der Waals surface area contributed by atoms with Crippen LogP contribution in [0.15, 0.2) is 28.2 Å². The zero-order valence-corrected chi connectivity index (χ0v) is 14.4. The Kier molecular flexibility index (Phi) is 3.80. The molecule has 1 fully saturated rings. The molecule has 1 aromatic carbocycles. The Bertz CT molecular complexity index is 885. The van der Waals surface area contributed by atoms with Crippen LogP contribution in [-0.4, -0.2) is 32.5 Å². The van der Waals surface area contributed by atoms with Crippen molar-refractivity contribution >= 4 is 27.5 Å². The average Bonchev–Trinajstić information content (AvgIpc) is 3.31. The first-order valence-electron chi connectivity index (χ1n) is 8.11. The van der Waals surface area contributed by atoms with Gasteiger partial charge in [0.05, 0.1) is 15.7 Å². The minimum absolute atomic E-state index is 0.0112. The number of thiazole rings is 1. The summed E-state index contributed by atoms with van der Waals surface area (Å²) in [7, 11) is 0. The molecule has 0 N–H and O–H groups in total. The number of fused-ring (bicyclic) bond motifs is 1. The fourth-order valence-corrected chi connectivity index (χ4v) is 3.75. The molecule has 1 atom stereocenters. The number of carbonyl (C=O) groups is 1. The summed E-state index contributed by atoms with van der Waals surface area (Å²) in [6.45, 7) is 4.76. The predicted molar refractivity (Wildman–Crippen MR) is 91.0 cm³/mol. The second kappa shape index (κ2) is 5.98. The van der Waals surface area contributed by atoms with Crippen molar-refractivity contribution in [1.29, 1.82) is 0 Å². The largest absolute Gasteiger partial charge is 0.337 e. The predicted octanol–water partition coefficient (Wildman–Crippen LogP) is 3.78. The number of amides is 1. The summed E-state index contributed by atoms with van der Waals surface area (Å²) in [6.07, 6.45) is 1.80. The highest BCUT2D eigenvalue weighted by molar-refractivity contribution is 7.16. The van der Waals surface area contributed by atoms with Crippen molar-refractivity contribution in [2.45, 2.75) is 38.6 Å². The molecule has 7 heteroatoms. The van der Waals surface area contributed by atoms with Crippen LogP contribution >= 0.6 is 11.3 Å². The van der Waals surface area contributed by atoms with Crippen molar-refractivity contribution in [2.24, 2.45) is 0 Å². The van der Waals surface area contributed by atoms with E-state index in [9.17, 15) is 4.79 Å². The van der Waals surface area contributed by atoms with Gasteiger partial charge in [0.25, 0.3) is 5.91 Å². The van der Waals surface area contributed by atoms with Crippen molar-refractivity contribution in [3.8, 4) is 0 Å². The lowest BCUT2D eigenvalue weighted by Gasteiger charge is -2.21. The maximum Gasteiger partial charge on any atom is 0.254 e. The van der Waals surface area contributed by atoms with Gasteiger partial charge in [0, 0.05) is 18.0 Å². The van der Waals surface area contributed by atoms with E-state index >= 15 is 0 Å². The summed E-state index contributed by atoms with van der Waals surface area (Å²) in [4.78, 5) is 23.5. The molecular weight excluding hydrogens is 324 g/mol. The van der Waals surface area contributed by atoms with Crippen LogP contribution in [0.25, 0.3) is 10.2 Å². The molecule has 1 saturated heterocycles. The van der Waals surface area contributed by atoms with E-state index < -0.39 is 0 Å². The van der Waals surface area contributed by atoms with E-state index in [-0.39, 0.29) is 17.9 Å². The van der Waals surface area contributed by atoms with Crippen molar-refractivity contribution < 1.29 is 9.32 Å². The molecule has 1 aliphatic heterocycles. The van der Waals surface area contributed by atoms with Crippen LogP contribution in [-0.2, 0) is 0 Å². The number of rotatable bonds is 3. The number of benzene rings is 1. The third-order valence-electron chi connectivity index (χ3n) is 4.35. The SMILES string of the molecule is CC(C)c1noc([C@@H]2CCCN2C(=O)c2ccc3ncsc3c2)n1. The maximum atomic E-state index is 13.0. The molecule has 0 saturated carbocycles. The Balaban J connectivity index is 1.62. The molecule has 0 radical (unpaired) electrons. The number of aromatic nitrogens is 3. The van der Waals surface area contributed by atoms with Gasteiger partial charge in [-0.25, -0.2) is 4.98 Å². The Morgan fingerprint density at radius 1 is 1.42 bits per heavy atom. The zero-order chi connectivity index (χ0) is 16.7. The number of hydrogen-bond acceptors (Lipinski definition) is 6. The standard InChI is InChI=1S/C17H18N4O2S/c1-10(2)15-19-16(23-20-15)13-4-3-7-21(13)17(22)11-5-6-12-14(8-11)24-9-18-12/h5-6,8-10,13H,3-4,7H2,1-2H3/t13-/m0/s1. The molecule has 0 unspecified atom stereocenters. The van der Waals surface area contributed by atoms with E-state index in [0.717, 1.165) is 23.1 Å². The lowest BCUT2D eigenvalue weighted by Crippen LogP contribution is -2.30. The zero-order valence-electron chi connectivity index (χ0n) is 13.6. The molecular formula is C17H18N4O2S. The van der Waals surface area contributed by atoms with Gasteiger partial charge in [-0.05, 0) is 31.0 Å². The van der Waals surface area contributed by atoms with Crippen molar-refractivity contribution in [3.63, 3.8) is 0 Å². The minimum Gasteiger partial charge on any atom is -0.337 e. The molecule has 1 aliphatic rings. The molecule has 0 aliphatic carbocycles. The fraction of sp³-hybridized carbons (Fsp3) is 0.412. The molecule has 0 bridgehead atoms. The second-order valence-corrected chi connectivity index (χ2v) is 7.22. The van der Waals surface area contributed by atoms with Gasteiger partial charge in [0.15, 0.2) is 5.82 Å². The molecule has 1 amide bonds. The highest BCUT2D eigenvalue weighted by Gasteiger charge is 2.34. The smallest absolute Gasteiger partial charge is 0.254 e. The highest BCUT2D eigenvalue weighted by atomic mass is 32.1. The van der Waals surface area contributed by atoms with Gasteiger partial charge in [-0.2, -0.15) is 4.98 Å². The monoisotopic (exact) mass is 342 g/mol. The maximum absolute atomic E-state index is 13.0. The number of hydrogen-bond donors (Lipinski definition) is 0. The summed E-state index contributed by atoms with van der Waals surface area (Å²) >= 11 is 1.54. The van der Waals surface area contributed by atoms with E-state index in [4.69, 9.17) is 4.52 Å². The van der Waals surface area contributed by atoms with Gasteiger partial charge in [0.2, 0.25) is 5.89 Å². The Morgan fingerprint density at radius 3 is 3.08 bits per heavy atom.